The minimum atomic E-state index is 0.377. The van der Waals surface area contributed by atoms with Crippen LogP contribution in [0.2, 0.25) is 0 Å². The van der Waals surface area contributed by atoms with Crippen molar-refractivity contribution >= 4 is 0 Å². The summed E-state index contributed by atoms with van der Waals surface area (Å²) in [6.45, 7) is 3.28. The molecule has 3 rings (SSSR count). The zero-order valence-corrected chi connectivity index (χ0v) is 11.7. The van der Waals surface area contributed by atoms with Crippen LogP contribution >= 0.6 is 0 Å². The Morgan fingerprint density at radius 1 is 1.05 bits per heavy atom. The van der Waals surface area contributed by atoms with Gasteiger partial charge < -0.3 is 5.11 Å². The van der Waals surface area contributed by atoms with E-state index in [1.165, 1.54) is 30.5 Å². The van der Waals surface area contributed by atoms with Crippen LogP contribution in [-0.2, 0) is 6.54 Å². The molecule has 1 saturated heterocycles. The van der Waals surface area contributed by atoms with E-state index in [1.807, 2.05) is 12.1 Å². The summed E-state index contributed by atoms with van der Waals surface area (Å²) in [4.78, 5) is 2.52. The van der Waals surface area contributed by atoms with Crippen molar-refractivity contribution in [3.8, 4) is 5.75 Å². The fourth-order valence-corrected chi connectivity index (χ4v) is 3.09. The molecule has 2 heteroatoms. The van der Waals surface area contributed by atoms with Crippen LogP contribution in [0.25, 0.3) is 0 Å². The third-order valence-corrected chi connectivity index (χ3v) is 4.10. The molecule has 104 valence electrons. The minimum Gasteiger partial charge on any atom is -0.508 e. The number of phenols is 1. The van der Waals surface area contributed by atoms with Gasteiger partial charge in [0.05, 0.1) is 0 Å². The molecule has 2 nitrogen and oxygen atoms in total. The Hall–Kier alpha value is -1.80. The predicted octanol–water partition coefficient (Wildman–Crippen LogP) is 3.77. The average Bonchev–Trinajstić information content (AvgIpc) is 2.49. The molecule has 1 heterocycles. The van der Waals surface area contributed by atoms with Crippen molar-refractivity contribution in [1.82, 2.24) is 4.90 Å². The normalized spacial score (nSPS) is 19.9. The first-order chi connectivity index (χ1) is 9.81. The molecule has 1 aliphatic rings. The molecule has 0 aromatic heterocycles. The van der Waals surface area contributed by atoms with Crippen LogP contribution in [0.4, 0.5) is 0 Å². The molecule has 1 aliphatic heterocycles. The minimum absolute atomic E-state index is 0.377. The second kappa shape index (κ2) is 6.10. The molecule has 0 saturated carbocycles. The largest absolute Gasteiger partial charge is 0.508 e. The van der Waals surface area contributed by atoms with Crippen LogP contribution in [-0.4, -0.2) is 23.1 Å². The topological polar surface area (TPSA) is 23.5 Å². The highest BCUT2D eigenvalue weighted by atomic mass is 16.3. The van der Waals surface area contributed by atoms with E-state index in [-0.39, 0.29) is 0 Å². The van der Waals surface area contributed by atoms with E-state index in [0.29, 0.717) is 11.7 Å². The molecule has 20 heavy (non-hydrogen) atoms. The van der Waals surface area contributed by atoms with Crippen molar-refractivity contribution in [2.24, 2.45) is 0 Å². The van der Waals surface area contributed by atoms with Gasteiger partial charge in [-0.15, -0.1) is 0 Å². The van der Waals surface area contributed by atoms with E-state index < -0.39 is 0 Å². The summed E-state index contributed by atoms with van der Waals surface area (Å²) in [5, 5.41) is 9.63. The Morgan fingerprint density at radius 2 is 1.90 bits per heavy atom. The monoisotopic (exact) mass is 267 g/mol. The second-order valence-electron chi connectivity index (χ2n) is 5.65. The first kappa shape index (κ1) is 13.2. The molecule has 0 spiro atoms. The molecule has 1 atom stereocenters. The van der Waals surface area contributed by atoms with Gasteiger partial charge in [-0.3, -0.25) is 4.90 Å². The number of benzene rings is 2. The molecule has 2 aromatic rings. The Morgan fingerprint density at radius 3 is 2.70 bits per heavy atom. The third kappa shape index (κ3) is 3.20. The standard InChI is InChI=1S/C18H21NO/c20-18-10-4-8-16(12-18)17-9-5-11-19(14-17)13-15-6-2-1-3-7-15/h1-4,6-8,10,12,17,20H,5,9,11,13-14H2/t17-/m0/s1. The highest BCUT2D eigenvalue weighted by molar-refractivity contribution is 5.30. The predicted molar refractivity (Wildman–Crippen MR) is 81.8 cm³/mol. The maximum atomic E-state index is 9.63. The van der Waals surface area contributed by atoms with Crippen molar-refractivity contribution in [3.63, 3.8) is 0 Å². The average molecular weight is 267 g/mol. The molecular weight excluding hydrogens is 246 g/mol. The lowest BCUT2D eigenvalue weighted by molar-refractivity contribution is 0.200. The Kier molecular flexibility index (Phi) is 4.03. The third-order valence-electron chi connectivity index (χ3n) is 4.10. The van der Waals surface area contributed by atoms with E-state index in [2.05, 4.69) is 41.3 Å². The molecule has 1 fully saturated rings. The zero-order valence-electron chi connectivity index (χ0n) is 11.7. The Balaban J connectivity index is 1.67. The lowest BCUT2D eigenvalue weighted by Gasteiger charge is -2.33. The molecule has 2 aromatic carbocycles. The van der Waals surface area contributed by atoms with Crippen LogP contribution in [0.15, 0.2) is 54.6 Å². The van der Waals surface area contributed by atoms with E-state index in [4.69, 9.17) is 0 Å². The summed E-state index contributed by atoms with van der Waals surface area (Å²) in [5.74, 6) is 0.919. The number of nitrogens with zero attached hydrogens (tertiary/aromatic N) is 1. The number of rotatable bonds is 3. The van der Waals surface area contributed by atoms with Gasteiger partial charge in [0, 0.05) is 13.1 Å². The maximum absolute atomic E-state index is 9.63. The number of aromatic hydroxyl groups is 1. The van der Waals surface area contributed by atoms with E-state index >= 15 is 0 Å². The summed E-state index contributed by atoms with van der Waals surface area (Å²) in [6, 6.07) is 18.4. The van der Waals surface area contributed by atoms with Gasteiger partial charge >= 0.3 is 0 Å². The summed E-state index contributed by atoms with van der Waals surface area (Å²) in [6.07, 6.45) is 2.45. The molecule has 0 radical (unpaired) electrons. The van der Waals surface area contributed by atoms with Gasteiger partial charge in [-0.25, -0.2) is 0 Å². The van der Waals surface area contributed by atoms with E-state index in [1.54, 1.807) is 6.07 Å². The van der Waals surface area contributed by atoms with Crippen LogP contribution in [0.3, 0.4) is 0 Å². The van der Waals surface area contributed by atoms with Gasteiger partial charge in [-0.2, -0.15) is 0 Å². The van der Waals surface area contributed by atoms with E-state index in [9.17, 15) is 5.11 Å². The maximum Gasteiger partial charge on any atom is 0.115 e. The fourth-order valence-electron chi connectivity index (χ4n) is 3.09. The van der Waals surface area contributed by atoms with E-state index in [0.717, 1.165) is 13.1 Å². The van der Waals surface area contributed by atoms with Crippen molar-refractivity contribution in [2.75, 3.05) is 13.1 Å². The first-order valence-electron chi connectivity index (χ1n) is 7.36. The van der Waals surface area contributed by atoms with Gasteiger partial charge in [0.2, 0.25) is 0 Å². The quantitative estimate of drug-likeness (QED) is 0.915. The van der Waals surface area contributed by atoms with Gasteiger partial charge in [-0.1, -0.05) is 42.5 Å². The SMILES string of the molecule is Oc1cccc([C@H]2CCCN(Cc3ccccc3)C2)c1. The highest BCUT2D eigenvalue weighted by Gasteiger charge is 2.21. The number of phenolic OH excluding ortho intramolecular Hbond substituents is 1. The van der Waals surface area contributed by atoms with Crippen molar-refractivity contribution in [2.45, 2.75) is 25.3 Å². The highest BCUT2D eigenvalue weighted by Crippen LogP contribution is 2.29. The first-order valence-corrected chi connectivity index (χ1v) is 7.36. The zero-order chi connectivity index (χ0) is 13.8. The molecule has 1 N–H and O–H groups in total. The fraction of sp³-hybridized carbons (Fsp3) is 0.333. The summed E-state index contributed by atoms with van der Waals surface area (Å²) in [5.41, 5.74) is 2.65. The molecule has 0 amide bonds. The van der Waals surface area contributed by atoms with Gasteiger partial charge in [0.15, 0.2) is 0 Å². The molecular formula is C18H21NO. The summed E-state index contributed by atoms with van der Waals surface area (Å²) < 4.78 is 0. The smallest absolute Gasteiger partial charge is 0.115 e. The van der Waals surface area contributed by atoms with Crippen LogP contribution in [0.5, 0.6) is 5.75 Å². The van der Waals surface area contributed by atoms with Crippen molar-refractivity contribution < 1.29 is 5.11 Å². The molecule has 0 unspecified atom stereocenters. The van der Waals surface area contributed by atoms with Gasteiger partial charge in [0.1, 0.15) is 5.75 Å². The lowest BCUT2D eigenvalue weighted by atomic mass is 9.90. The Bertz CT molecular complexity index is 552. The second-order valence-corrected chi connectivity index (χ2v) is 5.65. The van der Waals surface area contributed by atoms with Crippen LogP contribution < -0.4 is 0 Å². The van der Waals surface area contributed by atoms with Crippen LogP contribution in [0, 0.1) is 0 Å². The number of piperidine rings is 1. The van der Waals surface area contributed by atoms with Crippen LogP contribution in [0.1, 0.15) is 29.9 Å². The summed E-state index contributed by atoms with van der Waals surface area (Å²) >= 11 is 0. The number of likely N-dealkylation sites (tertiary alicyclic amines) is 1. The van der Waals surface area contributed by atoms with Gasteiger partial charge in [-0.05, 0) is 48.6 Å². The van der Waals surface area contributed by atoms with Crippen molar-refractivity contribution in [1.29, 1.82) is 0 Å². The lowest BCUT2D eigenvalue weighted by Crippen LogP contribution is -2.33. The molecule has 0 aliphatic carbocycles. The Labute approximate surface area is 120 Å². The number of hydrogen-bond acceptors (Lipinski definition) is 2. The van der Waals surface area contributed by atoms with Crippen molar-refractivity contribution in [3.05, 3.63) is 65.7 Å². The molecule has 0 bridgehead atoms. The number of hydrogen-bond donors (Lipinski definition) is 1. The summed E-state index contributed by atoms with van der Waals surface area (Å²) in [7, 11) is 0. The van der Waals surface area contributed by atoms with Gasteiger partial charge in [0.25, 0.3) is 0 Å².